The third-order valence-corrected chi connectivity index (χ3v) is 2.95. The molecule has 22 heavy (non-hydrogen) atoms. The highest BCUT2D eigenvalue weighted by Gasteiger charge is 2.41. The molecular weight excluding hydrogens is 305 g/mol. The van der Waals surface area contributed by atoms with Crippen LogP contribution in [-0.4, -0.2) is 41.2 Å². The molecule has 0 bridgehead atoms. The van der Waals surface area contributed by atoms with Crippen molar-refractivity contribution in [2.45, 2.75) is 58.3 Å². The molecule has 9 heteroatoms. The first-order valence-corrected chi connectivity index (χ1v) is 6.91. The van der Waals surface area contributed by atoms with E-state index in [1.54, 1.807) is 5.32 Å². The highest BCUT2D eigenvalue weighted by atomic mass is 19.4. The van der Waals surface area contributed by atoms with Crippen LogP contribution in [0.25, 0.3) is 0 Å². The number of hydrogen-bond donors (Lipinski definition) is 3. The number of rotatable bonds is 8. The molecule has 0 heterocycles. The number of alkyl halides is 3. The zero-order valence-electron chi connectivity index (χ0n) is 12.7. The van der Waals surface area contributed by atoms with E-state index >= 15 is 0 Å². The van der Waals surface area contributed by atoms with Gasteiger partial charge >= 0.3 is 18.1 Å². The zero-order valence-corrected chi connectivity index (χ0v) is 12.7. The van der Waals surface area contributed by atoms with Crippen LogP contribution in [0.1, 0.15) is 40.0 Å². The van der Waals surface area contributed by atoms with Crippen molar-refractivity contribution in [3.8, 4) is 0 Å². The van der Waals surface area contributed by atoms with Gasteiger partial charge in [0.05, 0.1) is 0 Å². The second kappa shape index (κ2) is 8.60. The van der Waals surface area contributed by atoms with E-state index in [2.05, 4.69) is 5.32 Å². The molecule has 0 spiro atoms. The largest absolute Gasteiger partial charge is 0.480 e. The molecule has 2 atom stereocenters. The minimum absolute atomic E-state index is 0.162. The molecule has 0 aromatic carbocycles. The van der Waals surface area contributed by atoms with Crippen LogP contribution in [0, 0.1) is 5.92 Å². The lowest BCUT2D eigenvalue weighted by atomic mass is 10.0. The maximum absolute atomic E-state index is 12.3. The van der Waals surface area contributed by atoms with Crippen molar-refractivity contribution >= 4 is 17.8 Å². The predicted octanol–water partition coefficient (Wildman–Crippen LogP) is 1.45. The first kappa shape index (κ1) is 20.2. The number of aliphatic carboxylic acids is 1. The number of hydrogen-bond acceptors (Lipinski definition) is 3. The van der Waals surface area contributed by atoms with Gasteiger partial charge in [-0.25, -0.2) is 4.79 Å². The lowest BCUT2D eigenvalue weighted by Crippen LogP contribution is -2.55. The van der Waals surface area contributed by atoms with Gasteiger partial charge in [-0.3, -0.25) is 9.59 Å². The molecule has 1 unspecified atom stereocenters. The third kappa shape index (κ3) is 6.77. The fourth-order valence-corrected chi connectivity index (χ4v) is 1.69. The Morgan fingerprint density at radius 1 is 1.14 bits per heavy atom. The molecule has 2 amide bonds. The van der Waals surface area contributed by atoms with E-state index in [0.717, 1.165) is 0 Å². The van der Waals surface area contributed by atoms with Gasteiger partial charge in [-0.1, -0.05) is 33.6 Å². The highest BCUT2D eigenvalue weighted by Crippen LogP contribution is 2.16. The fourth-order valence-electron chi connectivity index (χ4n) is 1.69. The Kier molecular flexibility index (Phi) is 7.89. The van der Waals surface area contributed by atoms with E-state index in [-0.39, 0.29) is 6.42 Å². The summed E-state index contributed by atoms with van der Waals surface area (Å²) >= 11 is 0. The van der Waals surface area contributed by atoms with Crippen molar-refractivity contribution in [2.24, 2.45) is 5.92 Å². The molecule has 0 saturated heterocycles. The first-order valence-electron chi connectivity index (χ1n) is 6.91. The van der Waals surface area contributed by atoms with Crippen LogP contribution in [-0.2, 0) is 14.4 Å². The van der Waals surface area contributed by atoms with Crippen LogP contribution in [0.5, 0.6) is 0 Å². The van der Waals surface area contributed by atoms with Gasteiger partial charge in [-0.2, -0.15) is 13.2 Å². The quantitative estimate of drug-likeness (QED) is 0.629. The summed E-state index contributed by atoms with van der Waals surface area (Å²) < 4.78 is 36.8. The first-order chi connectivity index (χ1) is 10.0. The highest BCUT2D eigenvalue weighted by molar-refractivity contribution is 5.91. The van der Waals surface area contributed by atoms with E-state index < -0.39 is 42.0 Å². The predicted molar refractivity (Wildman–Crippen MR) is 71.9 cm³/mol. The number of carboxylic acid groups (broad SMARTS) is 1. The Balaban J connectivity index is 4.91. The van der Waals surface area contributed by atoms with Gasteiger partial charge in [0.1, 0.15) is 12.1 Å². The summed E-state index contributed by atoms with van der Waals surface area (Å²) in [7, 11) is 0. The van der Waals surface area contributed by atoms with Gasteiger partial charge < -0.3 is 15.7 Å². The SMILES string of the molecule is CCCCC(NC(=O)[C@@H](NC(=O)C(F)(F)F)C(C)C)C(=O)O. The molecule has 0 radical (unpaired) electrons. The summed E-state index contributed by atoms with van der Waals surface area (Å²) in [4.78, 5) is 33.9. The van der Waals surface area contributed by atoms with Gasteiger partial charge in [-0.15, -0.1) is 0 Å². The van der Waals surface area contributed by atoms with Gasteiger partial charge in [0.15, 0.2) is 0 Å². The van der Waals surface area contributed by atoms with Gasteiger partial charge in [-0.05, 0) is 12.3 Å². The van der Waals surface area contributed by atoms with Crippen LogP contribution in [0.2, 0.25) is 0 Å². The molecule has 0 aromatic heterocycles. The van der Waals surface area contributed by atoms with Gasteiger partial charge in [0.2, 0.25) is 5.91 Å². The molecule has 0 rings (SSSR count). The molecule has 0 aromatic rings. The zero-order chi connectivity index (χ0) is 17.5. The van der Waals surface area contributed by atoms with Gasteiger partial charge in [0.25, 0.3) is 0 Å². The summed E-state index contributed by atoms with van der Waals surface area (Å²) in [5.41, 5.74) is 0. The summed E-state index contributed by atoms with van der Waals surface area (Å²) in [6, 6.07) is -2.66. The molecule has 0 fully saturated rings. The number of halogens is 3. The van der Waals surface area contributed by atoms with E-state index in [1.807, 2.05) is 6.92 Å². The van der Waals surface area contributed by atoms with Crippen molar-refractivity contribution in [1.29, 1.82) is 0 Å². The number of nitrogens with one attached hydrogen (secondary N) is 2. The van der Waals surface area contributed by atoms with E-state index in [9.17, 15) is 27.6 Å². The monoisotopic (exact) mass is 326 g/mol. The molecule has 0 aliphatic rings. The molecule has 0 aliphatic heterocycles. The van der Waals surface area contributed by atoms with E-state index in [4.69, 9.17) is 5.11 Å². The minimum Gasteiger partial charge on any atom is -0.480 e. The molecule has 0 saturated carbocycles. The number of carbonyl (C=O) groups is 3. The molecular formula is C13H21F3N2O4. The Bertz CT molecular complexity index is 411. The topological polar surface area (TPSA) is 95.5 Å². The van der Waals surface area contributed by atoms with Crippen molar-refractivity contribution in [2.75, 3.05) is 0 Å². The summed E-state index contributed by atoms with van der Waals surface area (Å²) in [6.45, 7) is 4.73. The lowest BCUT2D eigenvalue weighted by Gasteiger charge is -2.24. The van der Waals surface area contributed by atoms with Crippen molar-refractivity contribution in [1.82, 2.24) is 10.6 Å². The van der Waals surface area contributed by atoms with Crippen LogP contribution in [0.3, 0.4) is 0 Å². The Labute approximate surface area is 126 Å². The van der Waals surface area contributed by atoms with E-state index in [1.165, 1.54) is 13.8 Å². The van der Waals surface area contributed by atoms with Crippen LogP contribution in [0.15, 0.2) is 0 Å². The second-order valence-corrected chi connectivity index (χ2v) is 5.23. The normalized spacial score (nSPS) is 14.3. The van der Waals surface area contributed by atoms with Gasteiger partial charge in [0, 0.05) is 0 Å². The molecule has 128 valence electrons. The van der Waals surface area contributed by atoms with Crippen molar-refractivity contribution in [3.63, 3.8) is 0 Å². The average molecular weight is 326 g/mol. The number of carboxylic acids is 1. The standard InChI is InChI=1S/C13H21F3N2O4/c1-4-5-6-8(11(20)21)17-10(19)9(7(2)3)18-12(22)13(14,15)16/h7-9H,4-6H2,1-3H3,(H,17,19)(H,18,22)(H,20,21)/t8?,9-/m0/s1. The molecule has 3 N–H and O–H groups in total. The second-order valence-electron chi connectivity index (χ2n) is 5.23. The maximum Gasteiger partial charge on any atom is 0.471 e. The smallest absolute Gasteiger partial charge is 0.471 e. The van der Waals surface area contributed by atoms with Crippen molar-refractivity contribution in [3.05, 3.63) is 0 Å². The Hall–Kier alpha value is -1.80. The Morgan fingerprint density at radius 2 is 1.68 bits per heavy atom. The lowest BCUT2D eigenvalue weighted by molar-refractivity contribution is -0.175. The number of carbonyl (C=O) groups excluding carboxylic acids is 2. The minimum atomic E-state index is -5.11. The third-order valence-electron chi connectivity index (χ3n) is 2.95. The number of unbranched alkanes of at least 4 members (excludes halogenated alkanes) is 1. The number of amides is 2. The van der Waals surface area contributed by atoms with E-state index in [0.29, 0.717) is 12.8 Å². The van der Waals surface area contributed by atoms with Crippen LogP contribution < -0.4 is 10.6 Å². The summed E-state index contributed by atoms with van der Waals surface area (Å²) in [6.07, 6.45) is -3.70. The summed E-state index contributed by atoms with van der Waals surface area (Å²) in [5.74, 6) is -5.09. The summed E-state index contributed by atoms with van der Waals surface area (Å²) in [5, 5.41) is 12.8. The average Bonchev–Trinajstić information content (AvgIpc) is 2.38. The van der Waals surface area contributed by atoms with Crippen LogP contribution in [0.4, 0.5) is 13.2 Å². The molecule has 0 aliphatic carbocycles. The Morgan fingerprint density at radius 3 is 2.05 bits per heavy atom. The maximum atomic E-state index is 12.3. The fraction of sp³-hybridized carbons (Fsp3) is 0.769. The van der Waals surface area contributed by atoms with Crippen LogP contribution >= 0.6 is 0 Å². The molecule has 6 nitrogen and oxygen atoms in total. The van der Waals surface area contributed by atoms with Crippen molar-refractivity contribution < 1.29 is 32.7 Å².